The molecule has 1 heterocycles. The lowest BCUT2D eigenvalue weighted by Crippen LogP contribution is -2.35. The van der Waals surface area contributed by atoms with E-state index in [9.17, 15) is 9.59 Å². The van der Waals surface area contributed by atoms with E-state index in [2.05, 4.69) is 5.92 Å². The first-order chi connectivity index (χ1) is 8.65. The summed E-state index contributed by atoms with van der Waals surface area (Å²) in [6.07, 6.45) is 6.62. The summed E-state index contributed by atoms with van der Waals surface area (Å²) in [4.78, 5) is 24.6. The number of carboxylic acid groups (broad SMARTS) is 1. The Labute approximate surface area is 105 Å². The minimum atomic E-state index is -0.960. The second kappa shape index (κ2) is 4.92. The van der Waals surface area contributed by atoms with Crippen molar-refractivity contribution in [2.45, 2.75) is 19.3 Å². The summed E-state index contributed by atoms with van der Waals surface area (Å²) in [5.41, 5.74) is 1.67. The summed E-state index contributed by atoms with van der Waals surface area (Å²) in [5, 5.41) is 9.13. The number of carbonyl (C=O) groups is 2. The predicted molar refractivity (Wildman–Crippen MR) is 67.5 cm³/mol. The van der Waals surface area contributed by atoms with Crippen molar-refractivity contribution in [2.75, 3.05) is 11.4 Å². The van der Waals surface area contributed by atoms with Gasteiger partial charge in [0.05, 0.1) is 12.0 Å². The molecule has 18 heavy (non-hydrogen) atoms. The van der Waals surface area contributed by atoms with Crippen LogP contribution in [-0.2, 0) is 11.2 Å². The third-order valence-corrected chi connectivity index (χ3v) is 3.04. The van der Waals surface area contributed by atoms with E-state index in [0.717, 1.165) is 12.0 Å². The molecule has 0 saturated heterocycles. The Morgan fingerprint density at radius 3 is 2.89 bits per heavy atom. The van der Waals surface area contributed by atoms with E-state index >= 15 is 0 Å². The van der Waals surface area contributed by atoms with Crippen molar-refractivity contribution in [3.05, 3.63) is 29.3 Å². The van der Waals surface area contributed by atoms with E-state index in [1.54, 1.807) is 23.1 Å². The molecule has 0 aromatic heterocycles. The molecule has 0 saturated carbocycles. The Bertz CT molecular complexity index is 542. The zero-order valence-electron chi connectivity index (χ0n) is 9.85. The second-order valence-corrected chi connectivity index (χ2v) is 4.14. The van der Waals surface area contributed by atoms with Gasteiger partial charge < -0.3 is 10.0 Å². The molecule has 0 spiro atoms. The molecule has 4 nitrogen and oxygen atoms in total. The first-order valence-corrected chi connectivity index (χ1v) is 5.74. The van der Waals surface area contributed by atoms with Crippen LogP contribution in [0.25, 0.3) is 0 Å². The van der Waals surface area contributed by atoms with Gasteiger partial charge in [0.25, 0.3) is 0 Å². The first kappa shape index (κ1) is 12.2. The number of carboxylic acids is 1. The number of hydrogen-bond acceptors (Lipinski definition) is 2. The molecule has 1 amide bonds. The lowest BCUT2D eigenvalue weighted by Gasteiger charge is -2.29. The van der Waals surface area contributed by atoms with Gasteiger partial charge in [-0.3, -0.25) is 4.79 Å². The molecule has 1 aliphatic rings. The van der Waals surface area contributed by atoms with Crippen LogP contribution in [0.15, 0.2) is 18.2 Å². The SMILES string of the molecule is C#CCC(=O)N1CCCc2c(C(=O)O)cccc21. The molecule has 0 radical (unpaired) electrons. The molecular formula is C14H13NO3. The van der Waals surface area contributed by atoms with Crippen LogP contribution >= 0.6 is 0 Å². The third-order valence-electron chi connectivity index (χ3n) is 3.04. The van der Waals surface area contributed by atoms with Gasteiger partial charge in [-0.15, -0.1) is 6.42 Å². The Balaban J connectivity index is 2.45. The van der Waals surface area contributed by atoms with Gasteiger partial charge in [0.2, 0.25) is 5.91 Å². The number of carbonyl (C=O) groups excluding carboxylic acids is 1. The van der Waals surface area contributed by atoms with Crippen LogP contribution in [-0.4, -0.2) is 23.5 Å². The van der Waals surface area contributed by atoms with Crippen LogP contribution in [0.2, 0.25) is 0 Å². The fourth-order valence-electron chi connectivity index (χ4n) is 2.27. The first-order valence-electron chi connectivity index (χ1n) is 5.74. The number of fused-ring (bicyclic) bond motifs is 1. The number of amides is 1. The van der Waals surface area contributed by atoms with Crippen molar-refractivity contribution in [1.29, 1.82) is 0 Å². The molecule has 0 aliphatic carbocycles. The molecule has 1 aromatic rings. The van der Waals surface area contributed by atoms with Crippen LogP contribution in [0.3, 0.4) is 0 Å². The minimum absolute atomic E-state index is 0.0384. The van der Waals surface area contributed by atoms with E-state index in [0.29, 0.717) is 18.7 Å². The van der Waals surface area contributed by atoms with Crippen LogP contribution in [0, 0.1) is 12.3 Å². The number of rotatable bonds is 2. The van der Waals surface area contributed by atoms with Crippen molar-refractivity contribution in [2.24, 2.45) is 0 Å². The van der Waals surface area contributed by atoms with Crippen LogP contribution in [0.5, 0.6) is 0 Å². The van der Waals surface area contributed by atoms with Gasteiger partial charge >= 0.3 is 5.97 Å². The summed E-state index contributed by atoms with van der Waals surface area (Å²) < 4.78 is 0. The molecule has 1 N–H and O–H groups in total. The van der Waals surface area contributed by atoms with E-state index in [-0.39, 0.29) is 17.9 Å². The lowest BCUT2D eigenvalue weighted by atomic mass is 9.96. The standard InChI is InChI=1S/C14H13NO3/c1-2-5-13(16)15-9-4-7-10-11(14(17)18)6-3-8-12(10)15/h1,3,6,8H,4-5,7,9H2,(H,17,18). The molecule has 0 unspecified atom stereocenters. The van der Waals surface area contributed by atoms with Crippen LogP contribution in [0.4, 0.5) is 5.69 Å². The highest BCUT2D eigenvalue weighted by Crippen LogP contribution is 2.30. The maximum absolute atomic E-state index is 11.9. The monoisotopic (exact) mass is 243 g/mol. The molecule has 1 aliphatic heterocycles. The maximum atomic E-state index is 11.9. The molecule has 1 aromatic carbocycles. The van der Waals surface area contributed by atoms with Gasteiger partial charge in [-0.1, -0.05) is 12.0 Å². The summed E-state index contributed by atoms with van der Waals surface area (Å²) in [7, 11) is 0. The number of nitrogens with zero attached hydrogens (tertiary/aromatic N) is 1. The Morgan fingerprint density at radius 2 is 2.22 bits per heavy atom. The summed E-state index contributed by atoms with van der Waals surface area (Å²) in [5.74, 6) is 1.21. The molecule has 4 heteroatoms. The van der Waals surface area contributed by atoms with Gasteiger partial charge in [0.15, 0.2) is 0 Å². The Morgan fingerprint density at radius 1 is 1.44 bits per heavy atom. The van der Waals surface area contributed by atoms with Crippen molar-refractivity contribution in [3.8, 4) is 12.3 Å². The van der Waals surface area contributed by atoms with Crippen LogP contribution < -0.4 is 4.90 Å². The highest BCUT2D eigenvalue weighted by molar-refractivity contribution is 5.99. The average molecular weight is 243 g/mol. The highest BCUT2D eigenvalue weighted by Gasteiger charge is 2.25. The van der Waals surface area contributed by atoms with Crippen molar-refractivity contribution >= 4 is 17.6 Å². The predicted octanol–water partition coefficient (Wildman–Crippen LogP) is 1.69. The fraction of sp³-hybridized carbons (Fsp3) is 0.286. The van der Waals surface area contributed by atoms with E-state index < -0.39 is 5.97 Å². The molecule has 2 rings (SSSR count). The largest absolute Gasteiger partial charge is 0.478 e. The Hall–Kier alpha value is -2.28. The topological polar surface area (TPSA) is 57.6 Å². The number of terminal acetylenes is 1. The van der Waals surface area contributed by atoms with E-state index in [1.165, 1.54) is 0 Å². The van der Waals surface area contributed by atoms with E-state index in [4.69, 9.17) is 11.5 Å². The van der Waals surface area contributed by atoms with Gasteiger partial charge in [0, 0.05) is 12.2 Å². The summed E-state index contributed by atoms with van der Waals surface area (Å²) >= 11 is 0. The van der Waals surface area contributed by atoms with Gasteiger partial charge in [-0.05, 0) is 30.5 Å². The minimum Gasteiger partial charge on any atom is -0.478 e. The lowest BCUT2D eigenvalue weighted by molar-refractivity contribution is -0.117. The van der Waals surface area contributed by atoms with Crippen molar-refractivity contribution in [1.82, 2.24) is 0 Å². The van der Waals surface area contributed by atoms with Crippen molar-refractivity contribution in [3.63, 3.8) is 0 Å². The molecule has 0 bridgehead atoms. The smallest absolute Gasteiger partial charge is 0.336 e. The highest BCUT2D eigenvalue weighted by atomic mass is 16.4. The third kappa shape index (κ3) is 2.07. The summed E-state index contributed by atoms with van der Waals surface area (Å²) in [6, 6.07) is 5.00. The Kier molecular flexibility index (Phi) is 3.33. The normalized spacial score (nSPS) is 13.6. The zero-order valence-corrected chi connectivity index (χ0v) is 9.85. The number of anilines is 1. The van der Waals surface area contributed by atoms with Gasteiger partial charge in [-0.25, -0.2) is 4.79 Å². The van der Waals surface area contributed by atoms with Gasteiger partial charge in [-0.2, -0.15) is 0 Å². The molecule has 0 atom stereocenters. The average Bonchev–Trinajstić information content (AvgIpc) is 2.37. The zero-order chi connectivity index (χ0) is 13.1. The van der Waals surface area contributed by atoms with Crippen molar-refractivity contribution < 1.29 is 14.7 Å². The fourth-order valence-corrected chi connectivity index (χ4v) is 2.27. The summed E-state index contributed by atoms with van der Waals surface area (Å²) in [6.45, 7) is 0.594. The maximum Gasteiger partial charge on any atom is 0.336 e. The molecule has 92 valence electrons. The number of aromatic carboxylic acids is 1. The molecule has 0 fully saturated rings. The van der Waals surface area contributed by atoms with Crippen LogP contribution in [0.1, 0.15) is 28.8 Å². The quantitative estimate of drug-likeness (QED) is 0.804. The second-order valence-electron chi connectivity index (χ2n) is 4.14. The van der Waals surface area contributed by atoms with E-state index in [1.807, 2.05) is 0 Å². The number of hydrogen-bond donors (Lipinski definition) is 1. The van der Waals surface area contributed by atoms with Gasteiger partial charge in [0.1, 0.15) is 0 Å². The number of benzene rings is 1. The molecular weight excluding hydrogens is 230 g/mol.